The highest BCUT2D eigenvalue weighted by Crippen LogP contribution is 2.34. The first-order chi connectivity index (χ1) is 9.74. The number of hydrogen-bond acceptors (Lipinski definition) is 5. The summed E-state index contributed by atoms with van der Waals surface area (Å²) in [5.74, 6) is 1.44. The molecule has 1 aromatic heterocycles. The second kappa shape index (κ2) is 5.83. The molecule has 2 aromatic rings. The van der Waals surface area contributed by atoms with E-state index < -0.39 is 6.10 Å². The molecule has 3 rings (SSSR count). The van der Waals surface area contributed by atoms with E-state index >= 15 is 0 Å². The minimum atomic E-state index is -0.563. The third kappa shape index (κ3) is 2.80. The predicted octanol–water partition coefficient (Wildman–Crippen LogP) is 2.86. The van der Waals surface area contributed by atoms with Gasteiger partial charge in [0.25, 0.3) is 0 Å². The monoisotopic (exact) mass is 291 g/mol. The first-order valence-corrected chi connectivity index (χ1v) is 7.46. The molecule has 2 N–H and O–H groups in total. The van der Waals surface area contributed by atoms with Crippen molar-refractivity contribution in [2.24, 2.45) is 0 Å². The molecule has 1 aromatic carbocycles. The molecule has 4 nitrogen and oxygen atoms in total. The number of nitrogens with one attached hydrogen (secondary N) is 1. The highest BCUT2D eigenvalue weighted by molar-refractivity contribution is 7.10. The van der Waals surface area contributed by atoms with Crippen molar-refractivity contribution in [2.45, 2.75) is 19.1 Å². The summed E-state index contributed by atoms with van der Waals surface area (Å²) >= 11 is 1.71. The molecular weight excluding hydrogens is 274 g/mol. The number of thiophene rings is 1. The largest absolute Gasteiger partial charge is 0.454 e. The van der Waals surface area contributed by atoms with Crippen LogP contribution in [0.1, 0.15) is 29.5 Å². The van der Waals surface area contributed by atoms with Gasteiger partial charge in [-0.05, 0) is 36.1 Å². The van der Waals surface area contributed by atoms with E-state index in [4.69, 9.17) is 9.47 Å². The van der Waals surface area contributed by atoms with E-state index in [0.29, 0.717) is 12.3 Å². The van der Waals surface area contributed by atoms with E-state index in [-0.39, 0.29) is 12.8 Å². The Morgan fingerprint density at radius 1 is 1.30 bits per heavy atom. The number of rotatable bonds is 5. The van der Waals surface area contributed by atoms with Crippen molar-refractivity contribution >= 4 is 11.3 Å². The van der Waals surface area contributed by atoms with Crippen LogP contribution in [0.15, 0.2) is 35.7 Å². The highest BCUT2D eigenvalue weighted by Gasteiger charge is 2.17. The van der Waals surface area contributed by atoms with E-state index in [1.165, 1.54) is 4.88 Å². The molecule has 0 amide bonds. The summed E-state index contributed by atoms with van der Waals surface area (Å²) in [6.07, 6.45) is -0.563. The van der Waals surface area contributed by atoms with Gasteiger partial charge in [-0.25, -0.2) is 0 Å². The standard InChI is InChI=1S/C15H17NO3S/c1-10(15-3-2-6-20-15)16-8-12(17)11-4-5-13-14(7-11)19-9-18-13/h2-7,10,12,16-17H,8-9H2,1H3/t10-,12?/m1/s1. The lowest BCUT2D eigenvalue weighted by Gasteiger charge is -2.16. The summed E-state index contributed by atoms with van der Waals surface area (Å²) in [5, 5.41) is 15.6. The zero-order chi connectivity index (χ0) is 13.9. The van der Waals surface area contributed by atoms with E-state index in [0.717, 1.165) is 11.3 Å². The topological polar surface area (TPSA) is 50.7 Å². The van der Waals surface area contributed by atoms with Crippen molar-refractivity contribution in [3.63, 3.8) is 0 Å². The minimum Gasteiger partial charge on any atom is -0.454 e. The SMILES string of the molecule is C[C@@H](NCC(O)c1ccc2c(c1)OCO2)c1cccs1. The second-order valence-corrected chi connectivity index (χ2v) is 5.75. The molecular formula is C15H17NO3S. The van der Waals surface area contributed by atoms with Gasteiger partial charge in [0.15, 0.2) is 11.5 Å². The quantitative estimate of drug-likeness (QED) is 0.889. The first kappa shape index (κ1) is 13.4. The van der Waals surface area contributed by atoms with Crippen LogP contribution >= 0.6 is 11.3 Å². The molecule has 20 heavy (non-hydrogen) atoms. The summed E-state index contributed by atoms with van der Waals surface area (Å²) in [4.78, 5) is 1.27. The Bertz CT molecular complexity index is 571. The van der Waals surface area contributed by atoms with Crippen LogP contribution in [0.25, 0.3) is 0 Å². The number of ether oxygens (including phenoxy) is 2. The Balaban J connectivity index is 1.60. The van der Waals surface area contributed by atoms with Gasteiger partial charge in [0.2, 0.25) is 6.79 Å². The molecule has 0 fully saturated rings. The van der Waals surface area contributed by atoms with Crippen molar-refractivity contribution in [1.82, 2.24) is 5.32 Å². The fourth-order valence-electron chi connectivity index (χ4n) is 2.16. The van der Waals surface area contributed by atoms with Crippen LogP contribution in [-0.4, -0.2) is 18.4 Å². The lowest BCUT2D eigenvalue weighted by molar-refractivity contribution is 0.168. The molecule has 5 heteroatoms. The molecule has 0 radical (unpaired) electrons. The van der Waals surface area contributed by atoms with Gasteiger partial charge in [-0.3, -0.25) is 0 Å². The highest BCUT2D eigenvalue weighted by atomic mass is 32.1. The maximum Gasteiger partial charge on any atom is 0.231 e. The van der Waals surface area contributed by atoms with Crippen LogP contribution in [0.5, 0.6) is 11.5 Å². The molecule has 1 aliphatic rings. The number of fused-ring (bicyclic) bond motifs is 1. The Hall–Kier alpha value is -1.56. The number of hydrogen-bond donors (Lipinski definition) is 2. The average molecular weight is 291 g/mol. The Labute approximate surface area is 122 Å². The molecule has 2 atom stereocenters. The van der Waals surface area contributed by atoms with E-state index in [1.807, 2.05) is 24.3 Å². The lowest BCUT2D eigenvalue weighted by atomic mass is 10.1. The fraction of sp³-hybridized carbons (Fsp3) is 0.333. The molecule has 1 unspecified atom stereocenters. The predicted molar refractivity (Wildman–Crippen MR) is 78.3 cm³/mol. The molecule has 0 bridgehead atoms. The smallest absolute Gasteiger partial charge is 0.231 e. The molecule has 2 heterocycles. The molecule has 0 spiro atoms. The maximum absolute atomic E-state index is 10.2. The average Bonchev–Trinajstić information content (AvgIpc) is 3.13. The molecule has 106 valence electrons. The van der Waals surface area contributed by atoms with Crippen LogP contribution < -0.4 is 14.8 Å². The molecule has 0 aliphatic carbocycles. The van der Waals surface area contributed by atoms with Crippen LogP contribution in [-0.2, 0) is 0 Å². The molecule has 1 aliphatic heterocycles. The van der Waals surface area contributed by atoms with Crippen molar-refractivity contribution in [3.05, 3.63) is 46.2 Å². The van der Waals surface area contributed by atoms with Gasteiger partial charge in [0, 0.05) is 17.5 Å². The van der Waals surface area contributed by atoms with Crippen molar-refractivity contribution in [2.75, 3.05) is 13.3 Å². The zero-order valence-electron chi connectivity index (χ0n) is 11.2. The van der Waals surface area contributed by atoms with Crippen LogP contribution in [0, 0.1) is 0 Å². The van der Waals surface area contributed by atoms with Crippen molar-refractivity contribution < 1.29 is 14.6 Å². The summed E-state index contributed by atoms with van der Waals surface area (Å²) < 4.78 is 10.6. The van der Waals surface area contributed by atoms with E-state index in [9.17, 15) is 5.11 Å². The first-order valence-electron chi connectivity index (χ1n) is 6.58. The van der Waals surface area contributed by atoms with E-state index in [1.54, 1.807) is 11.3 Å². The Kier molecular flexibility index (Phi) is 3.91. The van der Waals surface area contributed by atoms with Gasteiger partial charge in [-0.15, -0.1) is 11.3 Å². The van der Waals surface area contributed by atoms with Crippen molar-refractivity contribution in [3.8, 4) is 11.5 Å². The fourth-order valence-corrected chi connectivity index (χ4v) is 2.92. The zero-order valence-corrected chi connectivity index (χ0v) is 12.0. The van der Waals surface area contributed by atoms with Crippen LogP contribution in [0.2, 0.25) is 0 Å². The van der Waals surface area contributed by atoms with Gasteiger partial charge in [-0.1, -0.05) is 12.1 Å². The Morgan fingerprint density at radius 3 is 2.95 bits per heavy atom. The normalized spacial score (nSPS) is 16.1. The van der Waals surface area contributed by atoms with E-state index in [2.05, 4.69) is 23.7 Å². The number of aliphatic hydroxyl groups is 1. The lowest BCUT2D eigenvalue weighted by Crippen LogP contribution is -2.24. The third-order valence-corrected chi connectivity index (χ3v) is 4.42. The second-order valence-electron chi connectivity index (χ2n) is 4.77. The summed E-state index contributed by atoms with van der Waals surface area (Å²) in [5.41, 5.74) is 0.833. The van der Waals surface area contributed by atoms with Gasteiger partial charge >= 0.3 is 0 Å². The van der Waals surface area contributed by atoms with Gasteiger partial charge in [0.05, 0.1) is 6.10 Å². The van der Waals surface area contributed by atoms with Gasteiger partial charge in [0.1, 0.15) is 0 Å². The summed E-state index contributed by atoms with van der Waals surface area (Å²) in [6, 6.07) is 9.91. The van der Waals surface area contributed by atoms with Gasteiger partial charge in [-0.2, -0.15) is 0 Å². The number of aliphatic hydroxyl groups excluding tert-OH is 1. The minimum absolute atomic E-state index is 0.235. The van der Waals surface area contributed by atoms with Crippen LogP contribution in [0.4, 0.5) is 0 Å². The van der Waals surface area contributed by atoms with Crippen LogP contribution in [0.3, 0.4) is 0 Å². The summed E-state index contributed by atoms with van der Waals surface area (Å²) in [6.45, 7) is 2.85. The number of benzene rings is 1. The summed E-state index contributed by atoms with van der Waals surface area (Å²) in [7, 11) is 0. The van der Waals surface area contributed by atoms with Gasteiger partial charge < -0.3 is 19.9 Å². The molecule has 0 saturated carbocycles. The third-order valence-electron chi connectivity index (χ3n) is 3.37. The maximum atomic E-state index is 10.2. The molecule has 0 saturated heterocycles. The Morgan fingerprint density at radius 2 is 2.15 bits per heavy atom. The van der Waals surface area contributed by atoms with Crippen molar-refractivity contribution in [1.29, 1.82) is 0 Å².